The second-order valence-electron chi connectivity index (χ2n) is 7.93. The summed E-state index contributed by atoms with van der Waals surface area (Å²) in [6, 6.07) is 12.0. The van der Waals surface area contributed by atoms with Crippen molar-refractivity contribution >= 4 is 11.6 Å². The summed E-state index contributed by atoms with van der Waals surface area (Å²) in [6.45, 7) is 7.05. The highest BCUT2D eigenvalue weighted by molar-refractivity contribution is 5.92. The highest BCUT2D eigenvalue weighted by Gasteiger charge is 2.31. The van der Waals surface area contributed by atoms with E-state index in [1.807, 2.05) is 40.8 Å². The molecule has 0 radical (unpaired) electrons. The smallest absolute Gasteiger partial charge is 0.276 e. The summed E-state index contributed by atoms with van der Waals surface area (Å²) in [5, 5.41) is 8.76. The van der Waals surface area contributed by atoms with Gasteiger partial charge in [-0.1, -0.05) is 23.4 Å². The van der Waals surface area contributed by atoms with Gasteiger partial charge in [0.05, 0.1) is 22.8 Å². The average molecular weight is 391 g/mol. The molecule has 0 N–H and O–H groups in total. The minimum atomic E-state index is -0.0336. The van der Waals surface area contributed by atoms with E-state index in [9.17, 15) is 4.79 Å². The maximum atomic E-state index is 12.8. The predicted molar refractivity (Wildman–Crippen MR) is 110 cm³/mol. The third-order valence-electron chi connectivity index (χ3n) is 5.86. The highest BCUT2D eigenvalue weighted by atomic mass is 16.5. The number of carbonyl (C=O) groups excluding carboxylic acids is 1. The lowest BCUT2D eigenvalue weighted by atomic mass is 10.2. The van der Waals surface area contributed by atoms with E-state index < -0.39 is 0 Å². The fraction of sp³-hybridized carbons (Fsp3) is 0.409. The summed E-state index contributed by atoms with van der Waals surface area (Å²) in [6.07, 6.45) is 2.27. The summed E-state index contributed by atoms with van der Waals surface area (Å²) >= 11 is 0. The average Bonchev–Trinajstić information content (AvgIpc) is 3.41. The topological polar surface area (TPSA) is 67.4 Å². The molecule has 1 saturated carbocycles. The third kappa shape index (κ3) is 3.30. The molecule has 150 valence electrons. The molecule has 3 heterocycles. The summed E-state index contributed by atoms with van der Waals surface area (Å²) in [7, 11) is 0. The van der Waals surface area contributed by atoms with Gasteiger partial charge in [-0.05, 0) is 38.8 Å². The summed E-state index contributed by atoms with van der Waals surface area (Å²) < 4.78 is 7.35. The number of amides is 1. The van der Waals surface area contributed by atoms with Crippen LogP contribution in [-0.2, 0) is 0 Å². The zero-order chi connectivity index (χ0) is 20.0. The van der Waals surface area contributed by atoms with Gasteiger partial charge in [-0.25, -0.2) is 4.68 Å². The van der Waals surface area contributed by atoms with Crippen LogP contribution in [0.3, 0.4) is 0 Å². The summed E-state index contributed by atoms with van der Waals surface area (Å²) in [4.78, 5) is 17.0. The molecule has 29 heavy (non-hydrogen) atoms. The molecule has 1 aliphatic heterocycles. The largest absolute Gasteiger partial charge is 0.365 e. The van der Waals surface area contributed by atoms with Crippen molar-refractivity contribution < 1.29 is 9.32 Å². The number of hydrogen-bond acceptors (Lipinski definition) is 5. The van der Waals surface area contributed by atoms with Crippen molar-refractivity contribution in [2.45, 2.75) is 32.6 Å². The summed E-state index contributed by atoms with van der Waals surface area (Å²) in [5.41, 5.74) is 4.80. The number of rotatable bonds is 4. The molecule has 1 amide bonds. The molecule has 0 unspecified atom stereocenters. The molecule has 0 bridgehead atoms. The van der Waals surface area contributed by atoms with Crippen molar-refractivity contribution in [3.63, 3.8) is 0 Å². The fourth-order valence-electron chi connectivity index (χ4n) is 4.16. The van der Waals surface area contributed by atoms with E-state index in [1.54, 1.807) is 0 Å². The van der Waals surface area contributed by atoms with Crippen LogP contribution in [0.2, 0.25) is 0 Å². The lowest BCUT2D eigenvalue weighted by Gasteiger charge is -2.35. The standard InChI is InChI=1S/C22H25N5O2/c1-15-21(16(2)27(23-15)18-6-4-3-5-7-18)25-10-12-26(13-11-25)22(28)19-14-20(29-24-19)17-8-9-17/h3-7,14,17H,8-13H2,1-2H3. The van der Waals surface area contributed by atoms with Gasteiger partial charge in [-0.2, -0.15) is 5.10 Å². The number of para-hydroxylation sites is 1. The Kier molecular flexibility index (Phi) is 4.38. The number of piperazine rings is 1. The van der Waals surface area contributed by atoms with E-state index in [4.69, 9.17) is 9.62 Å². The molecule has 3 aromatic rings. The predicted octanol–water partition coefficient (Wildman–Crippen LogP) is 3.32. The molecule has 1 aromatic carbocycles. The van der Waals surface area contributed by atoms with Crippen LogP contribution in [0.4, 0.5) is 5.69 Å². The van der Waals surface area contributed by atoms with Crippen molar-refractivity contribution in [3.05, 3.63) is 59.2 Å². The number of benzene rings is 1. The van der Waals surface area contributed by atoms with Crippen LogP contribution in [0.1, 0.15) is 46.4 Å². The van der Waals surface area contributed by atoms with E-state index in [0.29, 0.717) is 24.7 Å². The number of aryl methyl sites for hydroxylation is 1. The molecule has 7 nitrogen and oxygen atoms in total. The first-order valence-electron chi connectivity index (χ1n) is 10.2. The van der Waals surface area contributed by atoms with Gasteiger partial charge < -0.3 is 14.3 Å². The Morgan fingerprint density at radius 3 is 2.48 bits per heavy atom. The van der Waals surface area contributed by atoms with Gasteiger partial charge in [0.2, 0.25) is 0 Å². The van der Waals surface area contributed by atoms with Crippen molar-refractivity contribution in [2.24, 2.45) is 0 Å². The van der Waals surface area contributed by atoms with Gasteiger partial charge in [0, 0.05) is 38.2 Å². The second-order valence-corrected chi connectivity index (χ2v) is 7.93. The lowest BCUT2D eigenvalue weighted by molar-refractivity contribution is 0.0736. The number of hydrogen-bond donors (Lipinski definition) is 0. The van der Waals surface area contributed by atoms with Crippen molar-refractivity contribution in [1.82, 2.24) is 19.8 Å². The van der Waals surface area contributed by atoms with Crippen LogP contribution < -0.4 is 4.90 Å². The zero-order valence-corrected chi connectivity index (χ0v) is 16.8. The van der Waals surface area contributed by atoms with Crippen molar-refractivity contribution in [2.75, 3.05) is 31.1 Å². The Bertz CT molecular complexity index is 1030. The number of nitrogens with zero attached hydrogens (tertiary/aromatic N) is 5. The van der Waals surface area contributed by atoms with E-state index in [0.717, 1.165) is 48.8 Å². The SMILES string of the molecule is Cc1nn(-c2ccccc2)c(C)c1N1CCN(C(=O)c2cc(C3CC3)on2)CC1. The van der Waals surface area contributed by atoms with Crippen LogP contribution in [-0.4, -0.2) is 51.9 Å². The Labute approximate surface area is 169 Å². The van der Waals surface area contributed by atoms with Gasteiger partial charge in [-0.3, -0.25) is 4.79 Å². The minimum Gasteiger partial charge on any atom is -0.365 e. The molecular weight excluding hydrogens is 366 g/mol. The monoisotopic (exact) mass is 391 g/mol. The van der Waals surface area contributed by atoms with E-state index >= 15 is 0 Å². The van der Waals surface area contributed by atoms with Gasteiger partial charge in [0.25, 0.3) is 5.91 Å². The van der Waals surface area contributed by atoms with Gasteiger partial charge in [0.1, 0.15) is 5.76 Å². The Balaban J connectivity index is 1.29. The van der Waals surface area contributed by atoms with Gasteiger partial charge in [0.15, 0.2) is 5.69 Å². The third-order valence-corrected chi connectivity index (χ3v) is 5.86. The minimum absolute atomic E-state index is 0.0336. The first-order chi connectivity index (χ1) is 14.1. The van der Waals surface area contributed by atoms with Crippen LogP contribution in [0.25, 0.3) is 5.69 Å². The van der Waals surface area contributed by atoms with Gasteiger partial charge in [-0.15, -0.1) is 0 Å². The second kappa shape index (κ2) is 7.06. The first kappa shape index (κ1) is 18.0. The fourth-order valence-corrected chi connectivity index (χ4v) is 4.16. The number of anilines is 1. The Morgan fingerprint density at radius 2 is 1.79 bits per heavy atom. The highest BCUT2D eigenvalue weighted by Crippen LogP contribution is 2.40. The molecule has 0 atom stereocenters. The van der Waals surface area contributed by atoms with Gasteiger partial charge >= 0.3 is 0 Å². The molecule has 1 saturated heterocycles. The summed E-state index contributed by atoms with van der Waals surface area (Å²) in [5.74, 6) is 1.29. The number of aromatic nitrogens is 3. The van der Waals surface area contributed by atoms with Crippen molar-refractivity contribution in [3.8, 4) is 5.69 Å². The molecule has 2 aromatic heterocycles. The molecule has 7 heteroatoms. The zero-order valence-electron chi connectivity index (χ0n) is 16.8. The van der Waals surface area contributed by atoms with E-state index in [-0.39, 0.29) is 5.91 Å². The van der Waals surface area contributed by atoms with Crippen LogP contribution in [0.15, 0.2) is 40.9 Å². The first-order valence-corrected chi connectivity index (χ1v) is 10.2. The number of carbonyl (C=O) groups is 1. The Hall–Kier alpha value is -3.09. The molecule has 2 fully saturated rings. The normalized spacial score (nSPS) is 17.0. The van der Waals surface area contributed by atoms with Crippen LogP contribution in [0, 0.1) is 13.8 Å². The lowest BCUT2D eigenvalue weighted by Crippen LogP contribution is -2.49. The molecule has 5 rings (SSSR count). The van der Waals surface area contributed by atoms with E-state index in [2.05, 4.69) is 29.1 Å². The van der Waals surface area contributed by atoms with Crippen molar-refractivity contribution in [1.29, 1.82) is 0 Å². The van der Waals surface area contributed by atoms with Crippen LogP contribution >= 0.6 is 0 Å². The van der Waals surface area contributed by atoms with Crippen LogP contribution in [0.5, 0.6) is 0 Å². The molecule has 0 spiro atoms. The quantitative estimate of drug-likeness (QED) is 0.683. The van der Waals surface area contributed by atoms with E-state index in [1.165, 1.54) is 5.69 Å². The molecule has 1 aliphatic carbocycles. The molecular formula is C22H25N5O2. The molecule has 2 aliphatic rings. The Morgan fingerprint density at radius 1 is 1.07 bits per heavy atom. The maximum Gasteiger partial charge on any atom is 0.276 e. The maximum absolute atomic E-state index is 12.8.